The molecular weight excluding hydrogens is 396 g/mol. The lowest BCUT2D eigenvalue weighted by atomic mass is 9.91. The number of imidazole rings is 1. The largest absolute Gasteiger partial charge is 0.328 e. The maximum Gasteiger partial charge on any atom is 0.136 e. The predicted octanol–water partition coefficient (Wildman–Crippen LogP) is 3.80. The topological polar surface area (TPSA) is 57.3 Å². The number of hydrogen-bond donors (Lipinski definition) is 1. The molecule has 0 bridgehead atoms. The van der Waals surface area contributed by atoms with E-state index >= 15 is 0 Å². The van der Waals surface area contributed by atoms with Gasteiger partial charge >= 0.3 is 0 Å². The first-order chi connectivity index (χ1) is 15.6. The number of nitrogens with one attached hydrogen (secondary N) is 1. The van der Waals surface area contributed by atoms with Crippen molar-refractivity contribution in [1.29, 1.82) is 0 Å². The van der Waals surface area contributed by atoms with E-state index in [4.69, 9.17) is 9.98 Å². The van der Waals surface area contributed by atoms with Crippen molar-refractivity contribution in [2.24, 2.45) is 15.9 Å². The summed E-state index contributed by atoms with van der Waals surface area (Å²) in [6.07, 6.45) is 14.4. The van der Waals surface area contributed by atoms with Crippen LogP contribution in [0.3, 0.4) is 0 Å². The number of pyridine rings is 1. The van der Waals surface area contributed by atoms with Crippen LogP contribution in [0.4, 0.5) is 0 Å². The van der Waals surface area contributed by atoms with Crippen LogP contribution < -0.4 is 5.32 Å². The van der Waals surface area contributed by atoms with Gasteiger partial charge in [0.2, 0.25) is 0 Å². The Hall–Kier alpha value is -3.51. The fourth-order valence-corrected chi connectivity index (χ4v) is 4.37. The Morgan fingerprint density at radius 2 is 1.97 bits per heavy atom. The molecule has 6 heteroatoms. The summed E-state index contributed by atoms with van der Waals surface area (Å²) in [6.45, 7) is 2.78. The summed E-state index contributed by atoms with van der Waals surface area (Å²) in [4.78, 5) is 16.8. The van der Waals surface area contributed by atoms with Crippen LogP contribution in [0.5, 0.6) is 0 Å². The smallest absolute Gasteiger partial charge is 0.136 e. The van der Waals surface area contributed by atoms with Crippen LogP contribution in [0.2, 0.25) is 0 Å². The molecule has 0 amide bonds. The monoisotopic (exact) mass is 424 g/mol. The molecule has 0 saturated carbocycles. The quantitative estimate of drug-likeness (QED) is 0.678. The highest BCUT2D eigenvalue weighted by molar-refractivity contribution is 6.13. The van der Waals surface area contributed by atoms with E-state index in [-0.39, 0.29) is 18.0 Å². The van der Waals surface area contributed by atoms with Crippen molar-refractivity contribution in [3.8, 4) is 0 Å². The standard InChI is InChI=1S/C26H28N6/c1-18-15-24-27-13-14-32(24)17-21(18)26-29-22-12-8-7-11-20(22)25(30-26)28-16-23(31(2)3)19-9-5-4-6-10-19/h4-15,17,20,22-23H,16H2,1-3H3,(H,28,29,30). The molecule has 3 aromatic rings. The van der Waals surface area contributed by atoms with Crippen molar-refractivity contribution >= 4 is 17.3 Å². The molecule has 0 radical (unpaired) electrons. The van der Waals surface area contributed by atoms with Crippen molar-refractivity contribution in [2.75, 3.05) is 20.6 Å². The van der Waals surface area contributed by atoms with Gasteiger partial charge in [-0.15, -0.1) is 0 Å². The van der Waals surface area contributed by atoms with Gasteiger partial charge in [0.15, 0.2) is 0 Å². The molecule has 162 valence electrons. The second kappa shape index (κ2) is 8.55. The second-order valence-electron chi connectivity index (χ2n) is 8.57. The molecule has 6 nitrogen and oxygen atoms in total. The molecule has 3 heterocycles. The lowest BCUT2D eigenvalue weighted by molar-refractivity contribution is 0.306. The SMILES string of the molecule is Cc1cc2nccn2cc1C1=NC2C=CC=CC2C(=NCC(c2ccccc2)N(C)C)N1. The van der Waals surface area contributed by atoms with Crippen molar-refractivity contribution in [3.05, 3.63) is 96.0 Å². The third kappa shape index (κ3) is 3.89. The first-order valence-corrected chi connectivity index (χ1v) is 11.0. The predicted molar refractivity (Wildman–Crippen MR) is 130 cm³/mol. The Bertz CT molecular complexity index is 1230. The van der Waals surface area contributed by atoms with E-state index in [1.54, 1.807) is 0 Å². The number of nitrogens with zero attached hydrogens (tertiary/aromatic N) is 5. The lowest BCUT2D eigenvalue weighted by Crippen LogP contribution is -2.46. The van der Waals surface area contributed by atoms with E-state index < -0.39 is 0 Å². The Balaban J connectivity index is 1.49. The van der Waals surface area contributed by atoms with Crippen molar-refractivity contribution in [3.63, 3.8) is 0 Å². The van der Waals surface area contributed by atoms with Gasteiger partial charge in [-0.3, -0.25) is 9.98 Å². The third-order valence-electron chi connectivity index (χ3n) is 6.18. The summed E-state index contributed by atoms with van der Waals surface area (Å²) < 4.78 is 2.03. The molecule has 0 saturated heterocycles. The van der Waals surface area contributed by atoms with Crippen LogP contribution in [-0.2, 0) is 0 Å². The van der Waals surface area contributed by atoms with Crippen LogP contribution in [0.25, 0.3) is 5.65 Å². The first-order valence-electron chi connectivity index (χ1n) is 11.0. The van der Waals surface area contributed by atoms with Crippen LogP contribution in [-0.4, -0.2) is 52.6 Å². The molecule has 2 aliphatic rings. The normalized spacial score (nSPS) is 22.1. The zero-order valence-corrected chi connectivity index (χ0v) is 18.7. The zero-order valence-electron chi connectivity index (χ0n) is 18.7. The number of aromatic nitrogens is 2. The van der Waals surface area contributed by atoms with E-state index in [2.05, 4.69) is 103 Å². The minimum Gasteiger partial charge on any atom is -0.328 e. The Labute approximate surface area is 188 Å². The van der Waals surface area contributed by atoms with E-state index in [0.29, 0.717) is 6.54 Å². The van der Waals surface area contributed by atoms with Gasteiger partial charge in [-0.2, -0.15) is 0 Å². The van der Waals surface area contributed by atoms with Crippen molar-refractivity contribution in [2.45, 2.75) is 19.0 Å². The highest BCUT2D eigenvalue weighted by Crippen LogP contribution is 2.25. The molecule has 1 aliphatic carbocycles. The van der Waals surface area contributed by atoms with Gasteiger partial charge in [-0.05, 0) is 38.2 Å². The first kappa shape index (κ1) is 20.4. The summed E-state index contributed by atoms with van der Waals surface area (Å²) in [5.74, 6) is 1.95. The molecule has 2 aromatic heterocycles. The number of amidine groups is 2. The summed E-state index contributed by atoms with van der Waals surface area (Å²) >= 11 is 0. The minimum absolute atomic E-state index is 0.0439. The fourth-order valence-electron chi connectivity index (χ4n) is 4.37. The second-order valence-corrected chi connectivity index (χ2v) is 8.57. The fraction of sp³-hybridized carbons (Fsp3) is 0.269. The van der Waals surface area contributed by atoms with E-state index in [1.807, 2.05) is 16.8 Å². The van der Waals surface area contributed by atoms with Gasteiger partial charge < -0.3 is 14.6 Å². The van der Waals surface area contributed by atoms with E-state index in [0.717, 1.165) is 28.4 Å². The minimum atomic E-state index is 0.0439. The van der Waals surface area contributed by atoms with Gasteiger partial charge in [0.05, 0.1) is 24.5 Å². The molecule has 32 heavy (non-hydrogen) atoms. The van der Waals surface area contributed by atoms with Crippen LogP contribution in [0, 0.1) is 12.8 Å². The van der Waals surface area contributed by atoms with Gasteiger partial charge in [-0.1, -0.05) is 54.6 Å². The average Bonchev–Trinajstić information content (AvgIpc) is 3.26. The number of allylic oxidation sites excluding steroid dienone is 2. The molecule has 5 rings (SSSR count). The highest BCUT2D eigenvalue weighted by atomic mass is 15.2. The van der Waals surface area contributed by atoms with Gasteiger partial charge in [0, 0.05) is 24.2 Å². The molecule has 0 spiro atoms. The van der Waals surface area contributed by atoms with Gasteiger partial charge in [0.25, 0.3) is 0 Å². The highest BCUT2D eigenvalue weighted by Gasteiger charge is 2.30. The maximum atomic E-state index is 5.10. The summed E-state index contributed by atoms with van der Waals surface area (Å²) in [5, 5.41) is 3.58. The van der Waals surface area contributed by atoms with Gasteiger partial charge in [-0.25, -0.2) is 4.98 Å². The van der Waals surface area contributed by atoms with Crippen LogP contribution >= 0.6 is 0 Å². The Morgan fingerprint density at radius 3 is 2.78 bits per heavy atom. The van der Waals surface area contributed by atoms with Crippen LogP contribution in [0.1, 0.15) is 22.7 Å². The Kier molecular flexibility index (Phi) is 5.45. The molecule has 1 N–H and O–H groups in total. The molecule has 1 aliphatic heterocycles. The summed E-state index contributed by atoms with van der Waals surface area (Å²) in [6, 6.07) is 12.9. The van der Waals surface area contributed by atoms with E-state index in [9.17, 15) is 0 Å². The molecular formula is C26H28N6. The number of aryl methyl sites for hydroxylation is 1. The number of benzene rings is 1. The Morgan fingerprint density at radius 1 is 1.16 bits per heavy atom. The molecule has 3 unspecified atom stereocenters. The summed E-state index contributed by atoms with van der Waals surface area (Å²) in [5.41, 5.74) is 4.41. The molecule has 3 atom stereocenters. The number of likely N-dealkylation sites (N-methyl/N-ethyl adjacent to an activating group) is 1. The number of aliphatic imine (C=N–C) groups is 2. The van der Waals surface area contributed by atoms with E-state index in [1.165, 1.54) is 5.56 Å². The zero-order chi connectivity index (χ0) is 22.1. The number of fused-ring (bicyclic) bond motifs is 2. The van der Waals surface area contributed by atoms with Crippen molar-refractivity contribution in [1.82, 2.24) is 19.6 Å². The summed E-state index contributed by atoms with van der Waals surface area (Å²) in [7, 11) is 4.21. The van der Waals surface area contributed by atoms with Gasteiger partial charge in [0.1, 0.15) is 17.3 Å². The van der Waals surface area contributed by atoms with Crippen LogP contribution in [0.15, 0.2) is 89.3 Å². The lowest BCUT2D eigenvalue weighted by Gasteiger charge is -2.31. The molecule has 0 fully saturated rings. The van der Waals surface area contributed by atoms with Crippen molar-refractivity contribution < 1.29 is 0 Å². The average molecular weight is 425 g/mol. The number of hydrogen-bond acceptors (Lipinski definition) is 4. The molecule has 1 aromatic carbocycles. The maximum absolute atomic E-state index is 5.10. The third-order valence-corrected chi connectivity index (χ3v) is 6.18. The number of rotatable bonds is 5.